The molecule has 3 heterocycles. The molecule has 1 aliphatic heterocycles. The van der Waals surface area contributed by atoms with Crippen LogP contribution in [0, 0.1) is 5.92 Å². The number of ether oxygens (including phenoxy) is 1. The fourth-order valence-electron chi connectivity index (χ4n) is 2.78. The number of thiazole rings is 1. The lowest BCUT2D eigenvalue weighted by molar-refractivity contribution is 0.0904. The van der Waals surface area contributed by atoms with Gasteiger partial charge in [-0.25, -0.2) is 4.98 Å². The van der Waals surface area contributed by atoms with Gasteiger partial charge in [-0.3, -0.25) is 4.68 Å². The van der Waals surface area contributed by atoms with Crippen LogP contribution >= 0.6 is 11.3 Å². The monoisotopic (exact) mass is 306 g/mol. The maximum atomic E-state index is 5.88. The Morgan fingerprint density at radius 3 is 3.14 bits per heavy atom. The van der Waals surface area contributed by atoms with Gasteiger partial charge in [-0.05, 0) is 12.8 Å². The van der Waals surface area contributed by atoms with E-state index in [2.05, 4.69) is 33.9 Å². The molecule has 0 spiro atoms. The van der Waals surface area contributed by atoms with Crippen LogP contribution in [0.4, 0.5) is 0 Å². The second-order valence-corrected chi connectivity index (χ2v) is 6.45. The summed E-state index contributed by atoms with van der Waals surface area (Å²) >= 11 is 1.75. The third-order valence-corrected chi connectivity index (χ3v) is 4.92. The van der Waals surface area contributed by atoms with E-state index in [0.717, 1.165) is 38.2 Å². The second kappa shape index (κ2) is 6.68. The number of aromatic nitrogens is 3. The maximum absolute atomic E-state index is 5.88. The average Bonchev–Trinajstić information content (AvgIpc) is 3.19. The predicted molar refractivity (Wildman–Crippen MR) is 83.2 cm³/mol. The number of nitrogens with one attached hydrogen (secondary N) is 1. The first-order valence-electron chi connectivity index (χ1n) is 7.50. The Hall–Kier alpha value is -1.24. The van der Waals surface area contributed by atoms with E-state index in [0.29, 0.717) is 5.92 Å². The highest BCUT2D eigenvalue weighted by molar-refractivity contribution is 7.09. The van der Waals surface area contributed by atoms with Gasteiger partial charge in [0, 0.05) is 49.8 Å². The summed E-state index contributed by atoms with van der Waals surface area (Å²) in [5.41, 5.74) is 2.33. The summed E-state index contributed by atoms with van der Waals surface area (Å²) in [5, 5.41) is 11.1. The lowest BCUT2D eigenvalue weighted by Crippen LogP contribution is -2.24. The summed E-state index contributed by atoms with van der Waals surface area (Å²) in [7, 11) is 1.94. The van der Waals surface area contributed by atoms with Gasteiger partial charge in [-0.1, -0.05) is 6.92 Å². The molecule has 2 atom stereocenters. The molecule has 3 rings (SSSR count). The van der Waals surface area contributed by atoms with Gasteiger partial charge < -0.3 is 10.1 Å². The molecular formula is C15H22N4OS. The Morgan fingerprint density at radius 1 is 1.52 bits per heavy atom. The van der Waals surface area contributed by atoms with E-state index < -0.39 is 0 Å². The summed E-state index contributed by atoms with van der Waals surface area (Å²) in [6.45, 7) is 4.78. The Morgan fingerprint density at radius 2 is 2.43 bits per heavy atom. The van der Waals surface area contributed by atoms with Crippen LogP contribution in [-0.4, -0.2) is 27.9 Å². The smallest absolute Gasteiger partial charge is 0.0926 e. The van der Waals surface area contributed by atoms with Gasteiger partial charge >= 0.3 is 0 Å². The maximum Gasteiger partial charge on any atom is 0.0926 e. The van der Waals surface area contributed by atoms with E-state index in [4.69, 9.17) is 4.74 Å². The van der Waals surface area contributed by atoms with Crippen LogP contribution in [0.3, 0.4) is 0 Å². The fourth-order valence-corrected chi connectivity index (χ4v) is 3.52. The topological polar surface area (TPSA) is 52.0 Å². The summed E-state index contributed by atoms with van der Waals surface area (Å²) in [5.74, 6) is 0.512. The number of rotatable bonds is 6. The largest absolute Gasteiger partial charge is 0.373 e. The molecule has 114 valence electrons. The summed E-state index contributed by atoms with van der Waals surface area (Å²) in [6, 6.07) is 0. The van der Waals surface area contributed by atoms with E-state index in [1.165, 1.54) is 10.6 Å². The molecule has 0 aromatic carbocycles. The normalized spacial score (nSPS) is 22.0. The van der Waals surface area contributed by atoms with Crippen molar-refractivity contribution >= 4 is 11.3 Å². The van der Waals surface area contributed by atoms with Crippen LogP contribution in [-0.2, 0) is 24.8 Å². The van der Waals surface area contributed by atoms with Crippen LogP contribution in [0.1, 0.15) is 35.7 Å². The zero-order chi connectivity index (χ0) is 14.7. The molecule has 0 amide bonds. The van der Waals surface area contributed by atoms with Gasteiger partial charge in [0.15, 0.2) is 0 Å². The third-order valence-electron chi connectivity index (χ3n) is 3.88. The Balaban J connectivity index is 1.52. The first-order valence-corrected chi connectivity index (χ1v) is 8.38. The quantitative estimate of drug-likeness (QED) is 0.890. The molecular weight excluding hydrogens is 284 g/mol. The van der Waals surface area contributed by atoms with E-state index >= 15 is 0 Å². The number of hydrogen-bond acceptors (Lipinski definition) is 5. The molecule has 1 N–H and O–H groups in total. The molecule has 21 heavy (non-hydrogen) atoms. The van der Waals surface area contributed by atoms with Crippen molar-refractivity contribution in [2.45, 2.75) is 32.4 Å². The average molecular weight is 306 g/mol. The minimum absolute atomic E-state index is 0.174. The molecule has 0 bridgehead atoms. The van der Waals surface area contributed by atoms with Crippen LogP contribution in [0.25, 0.3) is 0 Å². The first kappa shape index (κ1) is 14.7. The summed E-state index contributed by atoms with van der Waals surface area (Å²) in [4.78, 5) is 4.58. The SMILES string of the molecule is CCc1nc(CNC[C@@H]2CCO[C@H]2c2cnn(C)c2)cs1. The number of nitrogens with zero attached hydrogens (tertiary/aromatic N) is 3. The van der Waals surface area contributed by atoms with Crippen molar-refractivity contribution in [2.24, 2.45) is 13.0 Å². The molecule has 0 radical (unpaired) electrons. The van der Waals surface area contributed by atoms with Gasteiger partial charge in [0.25, 0.3) is 0 Å². The fraction of sp³-hybridized carbons (Fsp3) is 0.600. The van der Waals surface area contributed by atoms with Crippen molar-refractivity contribution in [3.05, 3.63) is 34.0 Å². The minimum atomic E-state index is 0.174. The molecule has 0 unspecified atom stereocenters. The highest BCUT2D eigenvalue weighted by atomic mass is 32.1. The Bertz CT molecular complexity index is 580. The molecule has 2 aromatic rings. The van der Waals surface area contributed by atoms with Crippen LogP contribution in [0.5, 0.6) is 0 Å². The Labute approximate surface area is 129 Å². The number of aryl methyl sites for hydroxylation is 2. The van der Waals surface area contributed by atoms with Gasteiger partial charge in [0.05, 0.1) is 23.0 Å². The molecule has 0 saturated carbocycles. The van der Waals surface area contributed by atoms with Crippen molar-refractivity contribution in [1.82, 2.24) is 20.1 Å². The zero-order valence-corrected chi connectivity index (χ0v) is 13.4. The minimum Gasteiger partial charge on any atom is -0.373 e. The van der Waals surface area contributed by atoms with E-state index in [1.54, 1.807) is 11.3 Å². The summed E-state index contributed by atoms with van der Waals surface area (Å²) < 4.78 is 7.72. The van der Waals surface area contributed by atoms with Gasteiger partial charge in [-0.2, -0.15) is 5.10 Å². The van der Waals surface area contributed by atoms with Crippen molar-refractivity contribution < 1.29 is 4.74 Å². The van der Waals surface area contributed by atoms with Gasteiger partial charge in [0.1, 0.15) is 0 Å². The molecule has 5 nitrogen and oxygen atoms in total. The van der Waals surface area contributed by atoms with E-state index in [1.807, 2.05) is 17.9 Å². The number of hydrogen-bond donors (Lipinski definition) is 1. The van der Waals surface area contributed by atoms with Crippen molar-refractivity contribution in [3.63, 3.8) is 0 Å². The molecule has 1 fully saturated rings. The van der Waals surface area contributed by atoms with Gasteiger partial charge in [-0.15, -0.1) is 11.3 Å². The second-order valence-electron chi connectivity index (χ2n) is 5.50. The zero-order valence-electron chi connectivity index (χ0n) is 12.6. The highest BCUT2D eigenvalue weighted by Crippen LogP contribution is 2.33. The van der Waals surface area contributed by atoms with Crippen molar-refractivity contribution in [1.29, 1.82) is 0 Å². The third kappa shape index (κ3) is 3.51. The Kier molecular flexibility index (Phi) is 4.67. The van der Waals surface area contributed by atoms with Crippen LogP contribution in [0.15, 0.2) is 17.8 Å². The molecule has 1 aliphatic rings. The highest BCUT2D eigenvalue weighted by Gasteiger charge is 2.30. The molecule has 6 heteroatoms. The molecule has 0 aliphatic carbocycles. The van der Waals surface area contributed by atoms with Crippen molar-refractivity contribution in [3.8, 4) is 0 Å². The first-order chi connectivity index (χ1) is 10.3. The predicted octanol–water partition coefficient (Wildman–Crippen LogP) is 2.31. The molecule has 1 saturated heterocycles. The lowest BCUT2D eigenvalue weighted by Gasteiger charge is -2.17. The van der Waals surface area contributed by atoms with Gasteiger partial charge in [0.2, 0.25) is 0 Å². The summed E-state index contributed by atoms with van der Waals surface area (Å²) in [6.07, 6.45) is 6.26. The van der Waals surface area contributed by atoms with Crippen LogP contribution < -0.4 is 5.32 Å². The standard InChI is InChI=1S/C15H22N4OS/c1-3-14-18-13(10-21-14)8-16-6-11-4-5-20-15(11)12-7-17-19(2)9-12/h7,9-11,15-16H,3-6,8H2,1-2H3/t11-,15+/m0/s1. The van der Waals surface area contributed by atoms with Crippen molar-refractivity contribution in [2.75, 3.05) is 13.2 Å². The lowest BCUT2D eigenvalue weighted by atomic mass is 9.97. The van der Waals surface area contributed by atoms with E-state index in [-0.39, 0.29) is 6.10 Å². The van der Waals surface area contributed by atoms with Crippen LogP contribution in [0.2, 0.25) is 0 Å². The van der Waals surface area contributed by atoms with E-state index in [9.17, 15) is 0 Å². The molecule has 2 aromatic heterocycles.